The van der Waals surface area contributed by atoms with Gasteiger partial charge in [0.25, 0.3) is 0 Å². The van der Waals surface area contributed by atoms with Gasteiger partial charge in [-0.15, -0.1) is 10.2 Å². The summed E-state index contributed by atoms with van der Waals surface area (Å²) >= 11 is 2.83. The van der Waals surface area contributed by atoms with Gasteiger partial charge in [-0.2, -0.15) is 0 Å². The van der Waals surface area contributed by atoms with E-state index in [1.807, 2.05) is 13.8 Å². The second-order valence-electron chi connectivity index (χ2n) is 4.22. The molecule has 106 valence electrons. The quantitative estimate of drug-likeness (QED) is 0.863. The van der Waals surface area contributed by atoms with Crippen molar-refractivity contribution in [1.82, 2.24) is 15.5 Å². The van der Waals surface area contributed by atoms with E-state index < -0.39 is 0 Å². The van der Waals surface area contributed by atoms with Crippen LogP contribution < -0.4 is 5.32 Å². The van der Waals surface area contributed by atoms with Gasteiger partial charge in [-0.1, -0.05) is 35.2 Å². The van der Waals surface area contributed by atoms with E-state index in [1.165, 1.54) is 35.2 Å². The standard InChI is InChI=1S/C13H14FN3OS2/c1-8(10-3-5-11(14)6-4-10)15-12(18)7-19-13-17-16-9(2)20-13/h3-6,8H,7H2,1-2H3,(H,15,18). The predicted octanol–water partition coefficient (Wildman–Crippen LogP) is 2.96. The molecule has 0 aliphatic heterocycles. The molecule has 0 fully saturated rings. The maximum atomic E-state index is 12.8. The van der Waals surface area contributed by atoms with E-state index in [4.69, 9.17) is 0 Å². The summed E-state index contributed by atoms with van der Waals surface area (Å²) in [6.45, 7) is 3.74. The van der Waals surface area contributed by atoms with E-state index in [2.05, 4.69) is 15.5 Å². The fraction of sp³-hybridized carbons (Fsp3) is 0.308. The van der Waals surface area contributed by atoms with Crippen molar-refractivity contribution in [2.75, 3.05) is 5.75 Å². The normalized spacial score (nSPS) is 12.2. The summed E-state index contributed by atoms with van der Waals surface area (Å²) in [6.07, 6.45) is 0. The summed E-state index contributed by atoms with van der Waals surface area (Å²) in [5.41, 5.74) is 0.872. The third kappa shape index (κ3) is 4.28. The molecule has 0 radical (unpaired) electrons. The largest absolute Gasteiger partial charge is 0.349 e. The van der Waals surface area contributed by atoms with Crippen LogP contribution in [0.25, 0.3) is 0 Å². The Kier molecular flexibility index (Phi) is 5.08. The van der Waals surface area contributed by atoms with Crippen LogP contribution in [0.15, 0.2) is 28.6 Å². The first-order valence-corrected chi connectivity index (χ1v) is 7.82. The maximum Gasteiger partial charge on any atom is 0.230 e. The van der Waals surface area contributed by atoms with Gasteiger partial charge >= 0.3 is 0 Å². The van der Waals surface area contributed by atoms with Crippen LogP contribution in [0.1, 0.15) is 23.5 Å². The number of nitrogens with one attached hydrogen (secondary N) is 1. The number of amides is 1. The number of rotatable bonds is 5. The van der Waals surface area contributed by atoms with Gasteiger partial charge in [0, 0.05) is 0 Å². The van der Waals surface area contributed by atoms with E-state index in [1.54, 1.807) is 12.1 Å². The highest BCUT2D eigenvalue weighted by molar-refractivity contribution is 8.01. The Morgan fingerprint density at radius 2 is 2.10 bits per heavy atom. The van der Waals surface area contributed by atoms with Gasteiger partial charge in [0.2, 0.25) is 5.91 Å². The van der Waals surface area contributed by atoms with E-state index >= 15 is 0 Å². The topological polar surface area (TPSA) is 54.9 Å². The Bertz CT molecular complexity index is 586. The van der Waals surface area contributed by atoms with Gasteiger partial charge in [0.1, 0.15) is 10.8 Å². The van der Waals surface area contributed by atoms with Crippen LogP contribution in [0.3, 0.4) is 0 Å². The minimum atomic E-state index is -0.283. The fourth-order valence-electron chi connectivity index (χ4n) is 1.58. The zero-order valence-corrected chi connectivity index (χ0v) is 12.7. The number of aromatic nitrogens is 2. The van der Waals surface area contributed by atoms with E-state index in [0.717, 1.165) is 14.9 Å². The molecule has 2 aromatic rings. The molecular formula is C13H14FN3OS2. The molecule has 0 aliphatic carbocycles. The molecule has 2 rings (SSSR count). The minimum Gasteiger partial charge on any atom is -0.349 e. The lowest BCUT2D eigenvalue weighted by molar-refractivity contribution is -0.119. The van der Waals surface area contributed by atoms with Gasteiger partial charge < -0.3 is 5.32 Å². The molecule has 1 aromatic heterocycles. The number of aryl methyl sites for hydroxylation is 1. The van der Waals surface area contributed by atoms with Crippen LogP contribution in [-0.2, 0) is 4.79 Å². The molecule has 1 atom stereocenters. The lowest BCUT2D eigenvalue weighted by atomic mass is 10.1. The van der Waals surface area contributed by atoms with Crippen molar-refractivity contribution >= 4 is 29.0 Å². The van der Waals surface area contributed by atoms with Crippen molar-refractivity contribution in [2.24, 2.45) is 0 Å². The van der Waals surface area contributed by atoms with Gasteiger partial charge in [-0.3, -0.25) is 4.79 Å². The number of thioether (sulfide) groups is 1. The second kappa shape index (κ2) is 6.81. The molecule has 1 unspecified atom stereocenters. The second-order valence-corrected chi connectivity index (χ2v) is 6.62. The maximum absolute atomic E-state index is 12.8. The van der Waals surface area contributed by atoms with Crippen LogP contribution >= 0.6 is 23.1 Å². The van der Waals surface area contributed by atoms with Crippen LogP contribution in [0.2, 0.25) is 0 Å². The summed E-state index contributed by atoms with van der Waals surface area (Å²) in [5.74, 6) is -0.0747. The summed E-state index contributed by atoms with van der Waals surface area (Å²) < 4.78 is 13.6. The van der Waals surface area contributed by atoms with Gasteiger partial charge in [-0.05, 0) is 31.5 Å². The predicted molar refractivity (Wildman–Crippen MR) is 78.3 cm³/mol. The Morgan fingerprint density at radius 3 is 2.70 bits per heavy atom. The number of carbonyl (C=O) groups excluding carboxylic acids is 1. The smallest absolute Gasteiger partial charge is 0.230 e. The van der Waals surface area contributed by atoms with Crippen molar-refractivity contribution in [3.05, 3.63) is 40.7 Å². The number of benzene rings is 1. The average Bonchev–Trinajstić information content (AvgIpc) is 2.83. The summed E-state index contributed by atoms with van der Waals surface area (Å²) in [5, 5.41) is 11.6. The third-order valence-electron chi connectivity index (χ3n) is 2.58. The number of halogens is 1. The molecule has 20 heavy (non-hydrogen) atoms. The highest BCUT2D eigenvalue weighted by Crippen LogP contribution is 2.21. The molecule has 4 nitrogen and oxygen atoms in total. The Morgan fingerprint density at radius 1 is 1.40 bits per heavy atom. The highest BCUT2D eigenvalue weighted by Gasteiger charge is 2.11. The van der Waals surface area contributed by atoms with Crippen molar-refractivity contribution in [2.45, 2.75) is 24.2 Å². The molecule has 1 N–H and O–H groups in total. The summed E-state index contributed by atoms with van der Waals surface area (Å²) in [7, 11) is 0. The van der Waals surface area contributed by atoms with Gasteiger partial charge in [0.15, 0.2) is 4.34 Å². The van der Waals surface area contributed by atoms with Crippen LogP contribution in [0.5, 0.6) is 0 Å². The van der Waals surface area contributed by atoms with Gasteiger partial charge in [0.05, 0.1) is 11.8 Å². The van der Waals surface area contributed by atoms with E-state index in [0.29, 0.717) is 5.75 Å². The molecule has 1 amide bonds. The summed E-state index contributed by atoms with van der Waals surface area (Å²) in [4.78, 5) is 11.8. The fourth-order valence-corrected chi connectivity index (χ4v) is 3.21. The minimum absolute atomic E-state index is 0.0836. The van der Waals surface area contributed by atoms with Crippen molar-refractivity contribution in [1.29, 1.82) is 0 Å². The molecular weight excluding hydrogens is 297 g/mol. The number of hydrogen-bond acceptors (Lipinski definition) is 5. The van der Waals surface area contributed by atoms with Crippen LogP contribution in [-0.4, -0.2) is 21.9 Å². The lowest BCUT2D eigenvalue weighted by Crippen LogP contribution is -2.28. The van der Waals surface area contributed by atoms with Gasteiger partial charge in [-0.25, -0.2) is 4.39 Å². The molecule has 1 heterocycles. The van der Waals surface area contributed by atoms with Crippen LogP contribution in [0.4, 0.5) is 4.39 Å². The molecule has 0 saturated carbocycles. The summed E-state index contributed by atoms with van der Waals surface area (Å²) in [6, 6.07) is 5.95. The number of carbonyl (C=O) groups is 1. The molecule has 0 aliphatic rings. The molecule has 0 spiro atoms. The first-order chi connectivity index (χ1) is 9.54. The Labute approximate surface area is 124 Å². The molecule has 1 aromatic carbocycles. The lowest BCUT2D eigenvalue weighted by Gasteiger charge is -2.13. The Hall–Kier alpha value is -1.47. The van der Waals surface area contributed by atoms with E-state index in [9.17, 15) is 9.18 Å². The van der Waals surface area contributed by atoms with E-state index in [-0.39, 0.29) is 17.8 Å². The zero-order valence-electron chi connectivity index (χ0n) is 11.1. The highest BCUT2D eigenvalue weighted by atomic mass is 32.2. The zero-order chi connectivity index (χ0) is 14.5. The van der Waals surface area contributed by atoms with Crippen molar-refractivity contribution < 1.29 is 9.18 Å². The number of nitrogens with zero attached hydrogens (tertiary/aromatic N) is 2. The monoisotopic (exact) mass is 311 g/mol. The number of hydrogen-bond donors (Lipinski definition) is 1. The molecule has 7 heteroatoms. The van der Waals surface area contributed by atoms with Crippen LogP contribution in [0, 0.1) is 12.7 Å². The van der Waals surface area contributed by atoms with Crippen molar-refractivity contribution in [3.8, 4) is 0 Å². The average molecular weight is 311 g/mol. The first kappa shape index (κ1) is 14.9. The molecule has 0 bridgehead atoms. The molecule has 0 saturated heterocycles. The first-order valence-electron chi connectivity index (χ1n) is 6.02. The third-order valence-corrected chi connectivity index (χ3v) is 4.55. The SMILES string of the molecule is Cc1nnc(SCC(=O)NC(C)c2ccc(F)cc2)s1. The Balaban J connectivity index is 1.83. The van der Waals surface area contributed by atoms with Crippen molar-refractivity contribution in [3.63, 3.8) is 0 Å².